The van der Waals surface area contributed by atoms with Gasteiger partial charge in [0.05, 0.1) is 18.8 Å². The molecular weight excluding hydrogens is 296 g/mol. The van der Waals surface area contributed by atoms with Crippen molar-refractivity contribution in [2.45, 2.75) is 25.9 Å². The van der Waals surface area contributed by atoms with Gasteiger partial charge in [-0.3, -0.25) is 4.57 Å². The van der Waals surface area contributed by atoms with Gasteiger partial charge in [-0.15, -0.1) is 0 Å². The van der Waals surface area contributed by atoms with Crippen LogP contribution in [0.25, 0.3) is 0 Å². The average Bonchev–Trinajstić information content (AvgIpc) is 2.37. The van der Waals surface area contributed by atoms with Crippen LogP contribution in [0.1, 0.15) is 30.8 Å². The summed E-state index contributed by atoms with van der Waals surface area (Å²) in [5.41, 5.74) is -0.806. The van der Waals surface area contributed by atoms with E-state index in [1.165, 1.54) is 0 Å². The molecule has 1 aromatic rings. The lowest BCUT2D eigenvalue weighted by molar-refractivity contribution is -0.137. The maximum Gasteiger partial charge on any atom is 0.416 e. The van der Waals surface area contributed by atoms with E-state index >= 15 is 0 Å². The van der Waals surface area contributed by atoms with Gasteiger partial charge in [0.25, 0.3) is 0 Å². The highest BCUT2D eigenvalue weighted by atomic mass is 31.2. The number of aliphatic hydroxyl groups excluding tert-OH is 1. The fourth-order valence-corrected chi connectivity index (χ4v) is 3.18. The second kappa shape index (κ2) is 6.72. The molecule has 0 fully saturated rings. The Balaban J connectivity index is 3.01. The minimum Gasteiger partial charge on any atom is -0.376 e. The zero-order chi connectivity index (χ0) is 15.4. The highest BCUT2D eigenvalue weighted by Gasteiger charge is 2.36. The molecular formula is C12H16F3O4P. The van der Waals surface area contributed by atoms with Crippen LogP contribution >= 0.6 is 7.60 Å². The smallest absolute Gasteiger partial charge is 0.376 e. The molecule has 1 atom stereocenters. The standard InChI is InChI=1S/C12H16F3O4P/c1-3-18-20(17,19-4-2)11(16)9-5-7-10(8-6-9)12(13,14)15/h5-8,11,16H,3-4H2,1-2H3/t11-/m1/s1. The molecule has 0 spiro atoms. The summed E-state index contributed by atoms with van der Waals surface area (Å²) in [6.45, 7) is 3.25. The zero-order valence-corrected chi connectivity index (χ0v) is 11.9. The summed E-state index contributed by atoms with van der Waals surface area (Å²) in [6, 6.07) is 3.72. The van der Waals surface area contributed by atoms with Gasteiger partial charge in [-0.25, -0.2) is 0 Å². The number of hydrogen-bond donors (Lipinski definition) is 1. The molecule has 20 heavy (non-hydrogen) atoms. The third-order valence-electron chi connectivity index (χ3n) is 2.45. The summed E-state index contributed by atoms with van der Waals surface area (Å²) in [4.78, 5) is 0. The molecule has 0 radical (unpaired) electrons. The lowest BCUT2D eigenvalue weighted by Gasteiger charge is -2.22. The van der Waals surface area contributed by atoms with E-state index in [4.69, 9.17) is 9.05 Å². The Morgan fingerprint density at radius 3 is 1.95 bits per heavy atom. The number of halogens is 3. The Morgan fingerprint density at radius 2 is 1.60 bits per heavy atom. The van der Waals surface area contributed by atoms with Crippen LogP contribution in [0, 0.1) is 0 Å². The molecule has 8 heteroatoms. The minimum absolute atomic E-state index is 0.0447. The quantitative estimate of drug-likeness (QED) is 0.808. The Hall–Kier alpha value is -0.880. The summed E-state index contributed by atoms with van der Waals surface area (Å²) in [7, 11) is -3.81. The van der Waals surface area contributed by atoms with Crippen molar-refractivity contribution < 1.29 is 31.9 Å². The molecule has 0 unspecified atom stereocenters. The molecule has 0 saturated carbocycles. The Bertz CT molecular complexity index is 463. The first-order valence-corrected chi connectivity index (χ1v) is 7.59. The van der Waals surface area contributed by atoms with Gasteiger partial charge in [0.15, 0.2) is 5.85 Å². The first-order valence-electron chi connectivity index (χ1n) is 5.98. The third kappa shape index (κ3) is 4.06. The predicted octanol–water partition coefficient (Wildman–Crippen LogP) is 3.96. The van der Waals surface area contributed by atoms with E-state index in [9.17, 15) is 22.8 Å². The Labute approximate surface area is 115 Å². The number of rotatable bonds is 6. The van der Waals surface area contributed by atoms with E-state index in [1.807, 2.05) is 0 Å². The van der Waals surface area contributed by atoms with Crippen LogP contribution in [0.3, 0.4) is 0 Å². The largest absolute Gasteiger partial charge is 0.416 e. The molecule has 114 valence electrons. The summed E-state index contributed by atoms with van der Waals surface area (Å²) in [6.07, 6.45) is -4.47. The molecule has 0 aliphatic carbocycles. The van der Waals surface area contributed by atoms with Crippen LogP contribution in [0.15, 0.2) is 24.3 Å². The Morgan fingerprint density at radius 1 is 1.15 bits per heavy atom. The molecule has 0 aliphatic heterocycles. The molecule has 0 saturated heterocycles. The van der Waals surface area contributed by atoms with Crippen LogP contribution in [0.5, 0.6) is 0 Å². The molecule has 0 aliphatic rings. The van der Waals surface area contributed by atoms with E-state index < -0.39 is 25.2 Å². The van der Waals surface area contributed by atoms with E-state index in [0.29, 0.717) is 0 Å². The second-order valence-corrected chi connectivity index (χ2v) is 5.95. The van der Waals surface area contributed by atoms with Gasteiger partial charge in [-0.05, 0) is 31.5 Å². The molecule has 1 N–H and O–H groups in total. The van der Waals surface area contributed by atoms with E-state index in [1.54, 1.807) is 13.8 Å². The van der Waals surface area contributed by atoms with Crippen molar-refractivity contribution in [3.63, 3.8) is 0 Å². The predicted molar refractivity (Wildman–Crippen MR) is 67.3 cm³/mol. The van der Waals surface area contributed by atoms with E-state index in [2.05, 4.69) is 0 Å². The van der Waals surface area contributed by atoms with Gasteiger partial charge in [-0.2, -0.15) is 13.2 Å². The molecule has 1 aromatic carbocycles. The SMILES string of the molecule is CCOP(=O)(OCC)[C@@H](O)c1ccc(C(F)(F)F)cc1. The fourth-order valence-electron chi connectivity index (χ4n) is 1.57. The highest BCUT2D eigenvalue weighted by Crippen LogP contribution is 2.59. The van der Waals surface area contributed by atoms with Gasteiger partial charge in [-0.1, -0.05) is 12.1 Å². The van der Waals surface area contributed by atoms with Crippen LogP contribution in [0.2, 0.25) is 0 Å². The topological polar surface area (TPSA) is 55.8 Å². The average molecular weight is 312 g/mol. The Kier molecular flexibility index (Phi) is 5.77. The number of aliphatic hydroxyl groups is 1. The summed E-state index contributed by atoms with van der Waals surface area (Å²) < 4.78 is 59.5. The van der Waals surface area contributed by atoms with Crippen LogP contribution in [0.4, 0.5) is 13.2 Å². The normalized spacial score (nSPS) is 14.3. The molecule has 0 bridgehead atoms. The van der Waals surface area contributed by atoms with Gasteiger partial charge in [0, 0.05) is 0 Å². The molecule has 0 amide bonds. The van der Waals surface area contributed by atoms with E-state index in [-0.39, 0.29) is 18.8 Å². The van der Waals surface area contributed by atoms with Crippen molar-refractivity contribution >= 4 is 7.60 Å². The minimum atomic E-state index is -4.47. The van der Waals surface area contributed by atoms with Gasteiger partial charge in [0.2, 0.25) is 0 Å². The van der Waals surface area contributed by atoms with E-state index in [0.717, 1.165) is 24.3 Å². The molecule has 4 nitrogen and oxygen atoms in total. The van der Waals surface area contributed by atoms with Crippen LogP contribution in [-0.4, -0.2) is 18.3 Å². The first kappa shape index (κ1) is 17.2. The number of hydrogen-bond acceptors (Lipinski definition) is 4. The number of benzene rings is 1. The number of alkyl halides is 3. The van der Waals surface area contributed by atoms with Gasteiger partial charge in [0.1, 0.15) is 0 Å². The fraction of sp³-hybridized carbons (Fsp3) is 0.500. The maximum atomic E-state index is 12.4. The second-order valence-electron chi connectivity index (χ2n) is 3.87. The zero-order valence-electron chi connectivity index (χ0n) is 11.1. The van der Waals surface area contributed by atoms with Crippen LogP contribution in [-0.2, 0) is 19.8 Å². The molecule has 0 heterocycles. The molecule has 0 aromatic heterocycles. The van der Waals surface area contributed by atoms with Crippen molar-refractivity contribution in [3.8, 4) is 0 Å². The first-order chi connectivity index (χ1) is 9.24. The van der Waals surface area contributed by atoms with Crippen molar-refractivity contribution in [1.29, 1.82) is 0 Å². The monoisotopic (exact) mass is 312 g/mol. The highest BCUT2D eigenvalue weighted by molar-refractivity contribution is 7.54. The maximum absolute atomic E-state index is 12.4. The summed E-state index contributed by atoms with van der Waals surface area (Å²) >= 11 is 0. The van der Waals surface area contributed by atoms with Crippen molar-refractivity contribution in [2.24, 2.45) is 0 Å². The lowest BCUT2D eigenvalue weighted by Crippen LogP contribution is -2.08. The van der Waals surface area contributed by atoms with Crippen molar-refractivity contribution in [1.82, 2.24) is 0 Å². The summed E-state index contributed by atoms with van der Waals surface area (Å²) in [5.74, 6) is -1.62. The van der Waals surface area contributed by atoms with Crippen molar-refractivity contribution in [3.05, 3.63) is 35.4 Å². The lowest BCUT2D eigenvalue weighted by atomic mass is 10.1. The third-order valence-corrected chi connectivity index (χ3v) is 4.59. The summed E-state index contributed by atoms with van der Waals surface area (Å²) in [5, 5.41) is 10.0. The van der Waals surface area contributed by atoms with Gasteiger partial charge < -0.3 is 14.2 Å². The van der Waals surface area contributed by atoms with Gasteiger partial charge >= 0.3 is 13.8 Å². The van der Waals surface area contributed by atoms with Crippen LogP contribution < -0.4 is 0 Å². The van der Waals surface area contributed by atoms with Crippen molar-refractivity contribution in [2.75, 3.05) is 13.2 Å². The molecule has 1 rings (SSSR count).